The molecule has 0 N–H and O–H groups in total. The van der Waals surface area contributed by atoms with Gasteiger partial charge in [0, 0.05) is 6.54 Å². The molecule has 0 unspecified atom stereocenters. The van der Waals surface area contributed by atoms with Gasteiger partial charge >= 0.3 is 0 Å². The van der Waals surface area contributed by atoms with Gasteiger partial charge in [-0.1, -0.05) is 30.0 Å². The van der Waals surface area contributed by atoms with Crippen LogP contribution >= 0.6 is 11.8 Å². The Morgan fingerprint density at radius 3 is 2.83 bits per heavy atom. The van der Waals surface area contributed by atoms with E-state index in [2.05, 4.69) is 4.99 Å². The van der Waals surface area contributed by atoms with Crippen molar-refractivity contribution in [1.82, 2.24) is 4.90 Å². The van der Waals surface area contributed by atoms with Gasteiger partial charge in [0.15, 0.2) is 11.3 Å². The molecule has 1 heterocycles. The minimum Gasteiger partial charge on any atom is -0.481 e. The Labute approximate surface area is 111 Å². The highest BCUT2D eigenvalue weighted by Gasteiger charge is 2.28. The third-order valence-corrected chi connectivity index (χ3v) is 3.37. The van der Waals surface area contributed by atoms with E-state index in [9.17, 15) is 4.79 Å². The molecule has 2 rings (SSSR count). The summed E-state index contributed by atoms with van der Waals surface area (Å²) < 4.78 is 5.63. The zero-order chi connectivity index (χ0) is 13.0. The van der Waals surface area contributed by atoms with Crippen LogP contribution in [0.25, 0.3) is 0 Å². The first-order chi connectivity index (χ1) is 8.72. The molecule has 0 radical (unpaired) electrons. The van der Waals surface area contributed by atoms with E-state index in [1.165, 1.54) is 11.8 Å². The van der Waals surface area contributed by atoms with Gasteiger partial charge in [0.2, 0.25) is 0 Å². The first-order valence-corrected chi connectivity index (χ1v) is 7.06. The molecule has 0 bridgehead atoms. The summed E-state index contributed by atoms with van der Waals surface area (Å²) in [6.45, 7) is 3.10. The second kappa shape index (κ2) is 5.91. The number of hydrogen-bond donors (Lipinski definition) is 0. The van der Waals surface area contributed by atoms with E-state index in [1.54, 1.807) is 11.8 Å². The number of benzene rings is 1. The van der Waals surface area contributed by atoms with Crippen LogP contribution in [-0.4, -0.2) is 41.4 Å². The first kappa shape index (κ1) is 13.0. The number of carbonyl (C=O) groups is 1. The monoisotopic (exact) mass is 264 g/mol. The Bertz CT molecular complexity index is 448. The fraction of sp³-hybridized carbons (Fsp3) is 0.385. The van der Waals surface area contributed by atoms with Crippen molar-refractivity contribution in [3.63, 3.8) is 0 Å². The van der Waals surface area contributed by atoms with Crippen molar-refractivity contribution in [1.29, 1.82) is 0 Å². The molecule has 4 nitrogen and oxygen atoms in total. The Morgan fingerprint density at radius 1 is 1.44 bits per heavy atom. The second-order valence-electron chi connectivity index (χ2n) is 3.93. The highest BCUT2D eigenvalue weighted by Crippen LogP contribution is 2.16. The molecule has 5 heteroatoms. The molecular formula is C13H16N2O2S. The molecule has 0 saturated heterocycles. The van der Waals surface area contributed by atoms with E-state index < -0.39 is 6.10 Å². The molecule has 1 aliphatic heterocycles. The van der Waals surface area contributed by atoms with E-state index in [0.717, 1.165) is 5.17 Å². The SMILES string of the molecule is CSC1=NCCN1C(=O)[C@H](C)Oc1ccccc1. The molecule has 0 aliphatic carbocycles. The van der Waals surface area contributed by atoms with Gasteiger partial charge in [0.25, 0.3) is 5.91 Å². The van der Waals surface area contributed by atoms with Gasteiger partial charge in [-0.15, -0.1) is 0 Å². The minimum absolute atomic E-state index is 0.0375. The topological polar surface area (TPSA) is 41.9 Å². The maximum Gasteiger partial charge on any atom is 0.269 e. The van der Waals surface area contributed by atoms with Crippen molar-refractivity contribution < 1.29 is 9.53 Å². The number of nitrogens with zero attached hydrogens (tertiary/aromatic N) is 2. The molecule has 1 aromatic rings. The number of aliphatic imine (C=N–C) groups is 1. The molecule has 96 valence electrons. The summed E-state index contributed by atoms with van der Waals surface area (Å²) in [4.78, 5) is 18.2. The molecule has 1 atom stereocenters. The number of thioether (sulfide) groups is 1. The molecule has 1 aliphatic rings. The van der Waals surface area contributed by atoms with Crippen molar-refractivity contribution in [2.24, 2.45) is 4.99 Å². The number of amidine groups is 1. The summed E-state index contributed by atoms with van der Waals surface area (Å²) in [6.07, 6.45) is 1.43. The number of rotatable bonds is 3. The Hall–Kier alpha value is -1.49. The lowest BCUT2D eigenvalue weighted by Crippen LogP contribution is -2.41. The van der Waals surface area contributed by atoms with Gasteiger partial charge in [-0.2, -0.15) is 0 Å². The number of ether oxygens (including phenoxy) is 1. The number of hydrogen-bond acceptors (Lipinski definition) is 4. The van der Waals surface area contributed by atoms with Crippen LogP contribution in [0.5, 0.6) is 5.75 Å². The van der Waals surface area contributed by atoms with E-state index in [-0.39, 0.29) is 5.91 Å². The molecule has 0 saturated carbocycles. The Morgan fingerprint density at radius 2 is 2.17 bits per heavy atom. The van der Waals surface area contributed by atoms with Crippen molar-refractivity contribution in [3.8, 4) is 5.75 Å². The van der Waals surface area contributed by atoms with Gasteiger partial charge in [-0.25, -0.2) is 0 Å². The number of para-hydroxylation sites is 1. The van der Waals surface area contributed by atoms with Crippen LogP contribution in [0.2, 0.25) is 0 Å². The normalized spacial score (nSPS) is 16.3. The average molecular weight is 264 g/mol. The number of carbonyl (C=O) groups excluding carboxylic acids is 1. The lowest BCUT2D eigenvalue weighted by molar-refractivity contribution is -0.133. The van der Waals surface area contributed by atoms with Crippen molar-refractivity contribution in [3.05, 3.63) is 30.3 Å². The standard InChI is InChI=1S/C13H16N2O2S/c1-10(17-11-6-4-3-5-7-11)12(16)15-9-8-14-13(15)18-2/h3-7,10H,8-9H2,1-2H3/t10-/m0/s1. The zero-order valence-electron chi connectivity index (χ0n) is 10.5. The molecular weight excluding hydrogens is 248 g/mol. The summed E-state index contributed by atoms with van der Waals surface area (Å²) in [5.74, 6) is 0.671. The number of amides is 1. The lowest BCUT2D eigenvalue weighted by atomic mass is 10.3. The predicted octanol–water partition coefficient (Wildman–Crippen LogP) is 2.02. The maximum atomic E-state index is 12.2. The van der Waals surface area contributed by atoms with Crippen LogP contribution in [-0.2, 0) is 4.79 Å². The van der Waals surface area contributed by atoms with Gasteiger partial charge in [-0.05, 0) is 25.3 Å². The third-order valence-electron chi connectivity index (χ3n) is 2.65. The highest BCUT2D eigenvalue weighted by atomic mass is 32.2. The molecule has 18 heavy (non-hydrogen) atoms. The minimum atomic E-state index is -0.497. The fourth-order valence-corrected chi connectivity index (χ4v) is 2.40. The summed E-state index contributed by atoms with van der Waals surface area (Å²) in [7, 11) is 0. The second-order valence-corrected chi connectivity index (χ2v) is 4.70. The van der Waals surface area contributed by atoms with Gasteiger partial charge in [0.05, 0.1) is 6.54 Å². The highest BCUT2D eigenvalue weighted by molar-refractivity contribution is 8.13. The summed E-state index contributed by atoms with van der Waals surface area (Å²) in [5.41, 5.74) is 0. The molecule has 1 aromatic carbocycles. The lowest BCUT2D eigenvalue weighted by Gasteiger charge is -2.21. The van der Waals surface area contributed by atoms with Crippen LogP contribution in [0.3, 0.4) is 0 Å². The Kier molecular flexibility index (Phi) is 4.25. The fourth-order valence-electron chi connectivity index (χ4n) is 1.78. The summed E-state index contributed by atoms with van der Waals surface area (Å²) >= 11 is 1.49. The smallest absolute Gasteiger partial charge is 0.269 e. The Balaban J connectivity index is 1.99. The molecule has 0 spiro atoms. The maximum absolute atomic E-state index is 12.2. The van der Waals surface area contributed by atoms with E-state index in [1.807, 2.05) is 36.6 Å². The molecule has 1 amide bonds. The van der Waals surface area contributed by atoms with Crippen molar-refractivity contribution in [2.75, 3.05) is 19.3 Å². The van der Waals surface area contributed by atoms with Crippen LogP contribution < -0.4 is 4.74 Å². The van der Waals surface area contributed by atoms with Crippen LogP contribution in [0.1, 0.15) is 6.92 Å². The third kappa shape index (κ3) is 2.85. The average Bonchev–Trinajstić information content (AvgIpc) is 2.87. The van der Waals surface area contributed by atoms with Crippen molar-refractivity contribution in [2.45, 2.75) is 13.0 Å². The van der Waals surface area contributed by atoms with Gasteiger partial charge in [0.1, 0.15) is 5.75 Å². The predicted molar refractivity (Wildman–Crippen MR) is 74.1 cm³/mol. The zero-order valence-corrected chi connectivity index (χ0v) is 11.3. The summed E-state index contributed by atoms with van der Waals surface area (Å²) in [6, 6.07) is 9.38. The summed E-state index contributed by atoms with van der Waals surface area (Å²) in [5, 5.41) is 0.781. The van der Waals surface area contributed by atoms with Gasteiger partial charge < -0.3 is 4.74 Å². The van der Waals surface area contributed by atoms with E-state index >= 15 is 0 Å². The largest absolute Gasteiger partial charge is 0.481 e. The first-order valence-electron chi connectivity index (χ1n) is 5.84. The van der Waals surface area contributed by atoms with E-state index in [0.29, 0.717) is 18.8 Å². The van der Waals surface area contributed by atoms with E-state index in [4.69, 9.17) is 4.74 Å². The van der Waals surface area contributed by atoms with Crippen LogP contribution in [0.4, 0.5) is 0 Å². The quantitative estimate of drug-likeness (QED) is 0.838. The molecule has 0 aromatic heterocycles. The van der Waals surface area contributed by atoms with Crippen molar-refractivity contribution >= 4 is 22.8 Å². The van der Waals surface area contributed by atoms with Crippen LogP contribution in [0.15, 0.2) is 35.3 Å². The molecule has 0 fully saturated rings. The van der Waals surface area contributed by atoms with Gasteiger partial charge in [-0.3, -0.25) is 14.7 Å². The van der Waals surface area contributed by atoms with Crippen LogP contribution in [0, 0.1) is 0 Å².